The Morgan fingerprint density at radius 3 is 2.62 bits per heavy atom. The molecular weight excluding hydrogens is 264 g/mol. The van der Waals surface area contributed by atoms with Crippen molar-refractivity contribution >= 4 is 0 Å². The maximum atomic E-state index is 5.70. The number of aromatic nitrogens is 1. The number of hydrogen-bond acceptors (Lipinski definition) is 4. The third kappa shape index (κ3) is 4.55. The van der Waals surface area contributed by atoms with Gasteiger partial charge in [0.1, 0.15) is 5.76 Å². The molecule has 1 fully saturated rings. The summed E-state index contributed by atoms with van der Waals surface area (Å²) in [5.74, 6) is 2.48. The van der Waals surface area contributed by atoms with E-state index in [4.69, 9.17) is 9.15 Å². The van der Waals surface area contributed by atoms with E-state index in [1.165, 1.54) is 25.7 Å². The maximum Gasteiger partial charge on any atom is 0.181 e. The molecule has 1 aromatic heterocycles. The predicted octanol–water partition coefficient (Wildman–Crippen LogP) is 3.73. The Morgan fingerprint density at radius 1 is 1.29 bits per heavy atom. The summed E-state index contributed by atoms with van der Waals surface area (Å²) >= 11 is 0. The lowest BCUT2D eigenvalue weighted by molar-refractivity contribution is 0.163. The molecule has 0 amide bonds. The van der Waals surface area contributed by atoms with Crippen LogP contribution in [0.2, 0.25) is 0 Å². The number of rotatable bonds is 6. The number of nitrogens with one attached hydrogen (secondary N) is 1. The molecule has 0 radical (unpaired) electrons. The molecule has 4 nitrogen and oxygen atoms in total. The second-order valence-electron chi connectivity index (χ2n) is 7.25. The fraction of sp³-hybridized carbons (Fsp3) is 0.824. The topological polar surface area (TPSA) is 47.3 Å². The van der Waals surface area contributed by atoms with E-state index >= 15 is 0 Å². The summed E-state index contributed by atoms with van der Waals surface area (Å²) in [4.78, 5) is 4.39. The number of nitrogens with zero attached hydrogens (tertiary/aromatic N) is 1. The predicted molar refractivity (Wildman–Crippen MR) is 84.2 cm³/mol. The van der Waals surface area contributed by atoms with Crippen molar-refractivity contribution in [2.75, 3.05) is 20.3 Å². The average Bonchev–Trinajstić information content (AvgIpc) is 2.91. The summed E-state index contributed by atoms with van der Waals surface area (Å²) in [5, 5.41) is 3.35. The Kier molecular flexibility index (Phi) is 5.82. The van der Waals surface area contributed by atoms with Crippen molar-refractivity contribution < 1.29 is 9.15 Å². The van der Waals surface area contributed by atoms with Crippen LogP contribution in [-0.2, 0) is 11.3 Å². The molecule has 4 heteroatoms. The molecule has 1 saturated carbocycles. The maximum absolute atomic E-state index is 5.70. The van der Waals surface area contributed by atoms with Crippen LogP contribution in [0.1, 0.15) is 63.8 Å². The van der Waals surface area contributed by atoms with Crippen molar-refractivity contribution in [1.82, 2.24) is 10.3 Å². The summed E-state index contributed by atoms with van der Waals surface area (Å²) in [6, 6.07) is 0. The van der Waals surface area contributed by atoms with Crippen molar-refractivity contribution in [3.05, 3.63) is 17.8 Å². The number of ether oxygens (including phenoxy) is 1. The quantitative estimate of drug-likeness (QED) is 0.812. The van der Waals surface area contributed by atoms with Gasteiger partial charge in [0.05, 0.1) is 12.3 Å². The van der Waals surface area contributed by atoms with Crippen LogP contribution in [0, 0.1) is 11.3 Å². The van der Waals surface area contributed by atoms with Crippen molar-refractivity contribution in [3.8, 4) is 0 Å². The van der Waals surface area contributed by atoms with Gasteiger partial charge in [0.15, 0.2) is 6.39 Å². The van der Waals surface area contributed by atoms with Crippen molar-refractivity contribution in [2.45, 2.75) is 58.9 Å². The number of methoxy groups -OCH3 is 1. The van der Waals surface area contributed by atoms with Gasteiger partial charge < -0.3 is 14.5 Å². The monoisotopic (exact) mass is 294 g/mol. The summed E-state index contributed by atoms with van der Waals surface area (Å²) in [6.07, 6.45) is 6.64. The molecule has 1 aliphatic rings. The molecule has 1 aliphatic carbocycles. The first kappa shape index (κ1) is 16.5. The van der Waals surface area contributed by atoms with Crippen LogP contribution < -0.4 is 5.32 Å². The minimum absolute atomic E-state index is 0.428. The van der Waals surface area contributed by atoms with E-state index in [2.05, 4.69) is 31.1 Å². The van der Waals surface area contributed by atoms with E-state index in [1.54, 1.807) is 13.5 Å². The van der Waals surface area contributed by atoms with Gasteiger partial charge in [-0.2, -0.15) is 0 Å². The molecule has 1 heterocycles. The second kappa shape index (κ2) is 7.41. The van der Waals surface area contributed by atoms with E-state index in [0.29, 0.717) is 11.3 Å². The molecule has 0 bridgehead atoms. The summed E-state index contributed by atoms with van der Waals surface area (Å²) in [7, 11) is 1.72. The molecule has 0 aromatic carbocycles. The van der Waals surface area contributed by atoms with E-state index in [1.807, 2.05) is 0 Å². The molecule has 0 spiro atoms. The standard InChI is InChI=1S/C17H30N2O2/c1-17(2,3)14-7-5-13(6-8-14)16-15(19-12-21-16)11-18-9-10-20-4/h12-14,18H,5-11H2,1-4H3. The summed E-state index contributed by atoms with van der Waals surface area (Å²) in [6.45, 7) is 9.42. The highest BCUT2D eigenvalue weighted by molar-refractivity contribution is 5.13. The van der Waals surface area contributed by atoms with Crippen LogP contribution in [0.3, 0.4) is 0 Å². The Hall–Kier alpha value is -0.870. The highest BCUT2D eigenvalue weighted by Crippen LogP contribution is 2.43. The summed E-state index contributed by atoms with van der Waals surface area (Å²) in [5.41, 5.74) is 1.50. The van der Waals surface area contributed by atoms with Gasteiger partial charge in [0.25, 0.3) is 0 Å². The molecule has 0 atom stereocenters. The molecule has 0 unspecified atom stereocenters. The molecule has 21 heavy (non-hydrogen) atoms. The molecule has 0 aliphatic heterocycles. The first-order valence-electron chi connectivity index (χ1n) is 8.14. The van der Waals surface area contributed by atoms with Gasteiger partial charge in [0.2, 0.25) is 0 Å². The highest BCUT2D eigenvalue weighted by atomic mass is 16.5. The first-order valence-corrected chi connectivity index (χ1v) is 8.14. The van der Waals surface area contributed by atoms with E-state index in [0.717, 1.165) is 37.1 Å². The van der Waals surface area contributed by atoms with Crippen molar-refractivity contribution in [1.29, 1.82) is 0 Å². The molecule has 0 saturated heterocycles. The minimum atomic E-state index is 0.428. The van der Waals surface area contributed by atoms with Gasteiger partial charge in [-0.25, -0.2) is 4.98 Å². The molecular formula is C17H30N2O2. The van der Waals surface area contributed by atoms with Crippen LogP contribution in [0.5, 0.6) is 0 Å². The Labute approximate surface area is 128 Å². The van der Waals surface area contributed by atoms with Crippen LogP contribution in [0.15, 0.2) is 10.8 Å². The lowest BCUT2D eigenvalue weighted by Crippen LogP contribution is -2.26. The Bertz CT molecular complexity index is 415. The van der Waals surface area contributed by atoms with Gasteiger partial charge in [-0.3, -0.25) is 0 Å². The van der Waals surface area contributed by atoms with Crippen LogP contribution in [-0.4, -0.2) is 25.2 Å². The van der Waals surface area contributed by atoms with Crippen LogP contribution in [0.25, 0.3) is 0 Å². The van der Waals surface area contributed by atoms with Gasteiger partial charge in [0, 0.05) is 26.1 Å². The zero-order chi connectivity index (χ0) is 15.3. The molecule has 1 N–H and O–H groups in total. The Morgan fingerprint density at radius 2 is 2.00 bits per heavy atom. The zero-order valence-corrected chi connectivity index (χ0v) is 13.9. The van der Waals surface area contributed by atoms with Crippen molar-refractivity contribution in [2.24, 2.45) is 11.3 Å². The highest BCUT2D eigenvalue weighted by Gasteiger charge is 2.32. The van der Waals surface area contributed by atoms with Crippen molar-refractivity contribution in [3.63, 3.8) is 0 Å². The largest absolute Gasteiger partial charge is 0.448 e. The fourth-order valence-corrected chi connectivity index (χ4v) is 3.35. The molecule has 2 rings (SSSR count). The smallest absolute Gasteiger partial charge is 0.181 e. The number of oxazole rings is 1. The molecule has 1 aromatic rings. The number of hydrogen-bond donors (Lipinski definition) is 1. The SMILES string of the molecule is COCCNCc1ncoc1C1CCC(C(C)(C)C)CC1. The first-order chi connectivity index (χ1) is 10.0. The van der Waals surface area contributed by atoms with E-state index < -0.39 is 0 Å². The van der Waals surface area contributed by atoms with Gasteiger partial charge in [-0.05, 0) is 37.0 Å². The lowest BCUT2D eigenvalue weighted by atomic mass is 9.69. The van der Waals surface area contributed by atoms with Crippen LogP contribution >= 0.6 is 0 Å². The van der Waals surface area contributed by atoms with Gasteiger partial charge in [-0.1, -0.05) is 20.8 Å². The third-order valence-corrected chi connectivity index (χ3v) is 4.77. The Balaban J connectivity index is 1.87. The van der Waals surface area contributed by atoms with Gasteiger partial charge >= 0.3 is 0 Å². The van der Waals surface area contributed by atoms with E-state index in [9.17, 15) is 0 Å². The third-order valence-electron chi connectivity index (χ3n) is 4.77. The normalized spacial score (nSPS) is 23.4. The van der Waals surface area contributed by atoms with Gasteiger partial charge in [-0.15, -0.1) is 0 Å². The minimum Gasteiger partial charge on any atom is -0.448 e. The second-order valence-corrected chi connectivity index (χ2v) is 7.25. The van der Waals surface area contributed by atoms with E-state index in [-0.39, 0.29) is 0 Å². The average molecular weight is 294 g/mol. The fourth-order valence-electron chi connectivity index (χ4n) is 3.35. The summed E-state index contributed by atoms with van der Waals surface area (Å²) < 4.78 is 10.7. The van der Waals surface area contributed by atoms with Crippen LogP contribution in [0.4, 0.5) is 0 Å². The lowest BCUT2D eigenvalue weighted by Gasteiger charge is -2.36. The zero-order valence-electron chi connectivity index (χ0n) is 13.9. The molecule has 120 valence electrons.